The number of hydrogen-bond acceptors (Lipinski definition) is 5. The molecule has 0 spiro atoms. The molecule has 1 aliphatic carbocycles. The van der Waals surface area contributed by atoms with Gasteiger partial charge in [-0.1, -0.05) is 140 Å². The summed E-state index contributed by atoms with van der Waals surface area (Å²) in [6.07, 6.45) is 50.9. The summed E-state index contributed by atoms with van der Waals surface area (Å²) in [5.74, 6) is 0. The van der Waals surface area contributed by atoms with Crippen molar-refractivity contribution < 1.29 is 22.1 Å². The highest BCUT2D eigenvalue weighted by Crippen LogP contribution is 2.28. The molecule has 1 saturated carbocycles. The van der Waals surface area contributed by atoms with Crippen molar-refractivity contribution in [1.29, 1.82) is 0 Å². The lowest BCUT2D eigenvalue weighted by Crippen LogP contribution is -2.38. The molecular formula is C43H78O5S. The van der Waals surface area contributed by atoms with Gasteiger partial charge in [0.1, 0.15) is 0 Å². The Kier molecular flexibility index (Phi) is 31.7. The van der Waals surface area contributed by atoms with Gasteiger partial charge in [-0.05, 0) is 83.5 Å². The summed E-state index contributed by atoms with van der Waals surface area (Å²) in [7, 11) is -3.50. The fourth-order valence-electron chi connectivity index (χ4n) is 6.45. The van der Waals surface area contributed by atoms with E-state index < -0.39 is 10.1 Å². The predicted molar refractivity (Wildman–Crippen MR) is 212 cm³/mol. The van der Waals surface area contributed by atoms with Crippen LogP contribution in [0.2, 0.25) is 0 Å². The zero-order chi connectivity index (χ0) is 35.5. The van der Waals surface area contributed by atoms with Gasteiger partial charge in [0.05, 0.1) is 24.6 Å². The van der Waals surface area contributed by atoms with E-state index in [2.05, 4.69) is 62.5 Å². The molecule has 6 heteroatoms. The first-order valence-corrected chi connectivity index (χ1v) is 22.5. The molecule has 0 aromatic heterocycles. The van der Waals surface area contributed by atoms with Crippen LogP contribution >= 0.6 is 0 Å². The minimum atomic E-state index is -3.50. The molecule has 5 nitrogen and oxygen atoms in total. The maximum absolute atomic E-state index is 11.8. The van der Waals surface area contributed by atoms with Crippen LogP contribution in [0.5, 0.6) is 0 Å². The number of ether oxygens (including phenoxy) is 2. The van der Waals surface area contributed by atoms with Crippen LogP contribution in [0, 0.1) is 0 Å². The summed E-state index contributed by atoms with van der Waals surface area (Å²) < 4.78 is 41.6. The van der Waals surface area contributed by atoms with Gasteiger partial charge in [0.15, 0.2) is 0 Å². The van der Waals surface area contributed by atoms with Crippen molar-refractivity contribution in [2.24, 2.45) is 0 Å². The monoisotopic (exact) mass is 707 g/mol. The fourth-order valence-corrected chi connectivity index (χ4v) is 7.10. The Morgan fingerprint density at radius 2 is 0.776 bits per heavy atom. The Labute approximate surface area is 304 Å². The normalized spacial score (nSPS) is 19.0. The van der Waals surface area contributed by atoms with E-state index in [1.807, 2.05) is 0 Å². The van der Waals surface area contributed by atoms with Crippen molar-refractivity contribution in [3.63, 3.8) is 0 Å². The summed E-state index contributed by atoms with van der Waals surface area (Å²) in [4.78, 5) is 0. The standard InChI is InChI=1S/C43H78O5S/c1-4-6-8-10-12-14-16-18-20-22-24-26-28-30-32-34-36-46-41-38-42(40-43(39-41)48-49(3,44)45)47-37-35-33-31-29-27-25-23-21-19-17-15-13-11-9-7-5-2/h12-15,18-21,41-43H,4-11,16-17,22-40H2,1-3H3. The summed E-state index contributed by atoms with van der Waals surface area (Å²) in [6.45, 7) is 5.95. The van der Waals surface area contributed by atoms with Crippen molar-refractivity contribution in [3.05, 3.63) is 48.6 Å². The zero-order valence-corrected chi connectivity index (χ0v) is 33.1. The highest BCUT2D eigenvalue weighted by Gasteiger charge is 2.32. The van der Waals surface area contributed by atoms with Gasteiger partial charge in [-0.15, -0.1) is 0 Å². The first-order valence-electron chi connectivity index (χ1n) is 20.7. The molecule has 0 aromatic rings. The van der Waals surface area contributed by atoms with Gasteiger partial charge in [0.25, 0.3) is 10.1 Å². The van der Waals surface area contributed by atoms with Crippen molar-refractivity contribution >= 4 is 10.1 Å². The summed E-state index contributed by atoms with van der Waals surface area (Å²) in [5.41, 5.74) is 0. The Morgan fingerprint density at radius 1 is 0.449 bits per heavy atom. The first-order chi connectivity index (χ1) is 23.9. The van der Waals surface area contributed by atoms with E-state index in [0.29, 0.717) is 12.8 Å². The third-order valence-electron chi connectivity index (χ3n) is 9.29. The smallest absolute Gasteiger partial charge is 0.264 e. The summed E-state index contributed by atoms with van der Waals surface area (Å²) in [6, 6.07) is 0. The van der Waals surface area contributed by atoms with Gasteiger partial charge in [0, 0.05) is 26.1 Å². The molecule has 286 valence electrons. The van der Waals surface area contributed by atoms with Crippen LogP contribution in [0.15, 0.2) is 48.6 Å². The van der Waals surface area contributed by atoms with E-state index in [1.165, 1.54) is 128 Å². The first kappa shape index (κ1) is 45.8. The summed E-state index contributed by atoms with van der Waals surface area (Å²) in [5, 5.41) is 0. The van der Waals surface area contributed by atoms with Crippen molar-refractivity contribution in [2.75, 3.05) is 19.5 Å². The topological polar surface area (TPSA) is 61.8 Å². The third-order valence-corrected chi connectivity index (χ3v) is 9.91. The lowest BCUT2D eigenvalue weighted by Gasteiger charge is -2.34. The lowest BCUT2D eigenvalue weighted by atomic mass is 9.92. The number of hydrogen-bond donors (Lipinski definition) is 0. The van der Waals surface area contributed by atoms with Crippen LogP contribution in [0.4, 0.5) is 0 Å². The Hall–Kier alpha value is -1.21. The molecule has 0 radical (unpaired) electrons. The Morgan fingerprint density at radius 3 is 1.14 bits per heavy atom. The SMILES string of the molecule is CCCCCC=CCC=CCCCCCCCCOC1CC(OCCCCCCCCC=CCC=CCCCCC)CC(OS(C)(=O)=O)C1. The van der Waals surface area contributed by atoms with E-state index in [0.717, 1.165) is 51.6 Å². The molecule has 0 aliphatic heterocycles. The number of allylic oxidation sites excluding steroid dienone is 8. The molecule has 0 bridgehead atoms. The minimum absolute atomic E-state index is 0.000612. The summed E-state index contributed by atoms with van der Waals surface area (Å²) >= 11 is 0. The Balaban J connectivity index is 2.10. The second kappa shape index (κ2) is 33.9. The van der Waals surface area contributed by atoms with Gasteiger partial charge in [0.2, 0.25) is 0 Å². The molecule has 1 fully saturated rings. The average molecular weight is 707 g/mol. The molecule has 2 unspecified atom stereocenters. The maximum atomic E-state index is 11.8. The molecule has 0 aromatic carbocycles. The van der Waals surface area contributed by atoms with E-state index in [9.17, 15) is 8.42 Å². The van der Waals surface area contributed by atoms with Gasteiger partial charge in [-0.2, -0.15) is 8.42 Å². The maximum Gasteiger partial charge on any atom is 0.264 e. The second-order valence-electron chi connectivity index (χ2n) is 14.3. The Bertz CT molecular complexity index is 880. The van der Waals surface area contributed by atoms with Gasteiger partial charge in [-0.3, -0.25) is 4.18 Å². The van der Waals surface area contributed by atoms with Crippen LogP contribution in [0.1, 0.15) is 187 Å². The fraction of sp³-hybridized carbons (Fsp3) is 0.814. The molecule has 1 rings (SSSR count). The van der Waals surface area contributed by atoms with E-state index in [4.69, 9.17) is 13.7 Å². The molecule has 0 saturated heterocycles. The third kappa shape index (κ3) is 32.4. The molecule has 0 amide bonds. The van der Waals surface area contributed by atoms with E-state index >= 15 is 0 Å². The van der Waals surface area contributed by atoms with Crippen LogP contribution in [-0.4, -0.2) is 46.2 Å². The molecule has 2 atom stereocenters. The molecule has 49 heavy (non-hydrogen) atoms. The van der Waals surface area contributed by atoms with Crippen LogP contribution in [0.3, 0.4) is 0 Å². The molecule has 0 N–H and O–H groups in total. The van der Waals surface area contributed by atoms with Crippen molar-refractivity contribution in [1.82, 2.24) is 0 Å². The molecular weight excluding hydrogens is 629 g/mol. The lowest BCUT2D eigenvalue weighted by molar-refractivity contribution is -0.0763. The highest BCUT2D eigenvalue weighted by molar-refractivity contribution is 7.86. The molecule has 1 aliphatic rings. The van der Waals surface area contributed by atoms with Gasteiger partial charge < -0.3 is 9.47 Å². The van der Waals surface area contributed by atoms with Crippen LogP contribution < -0.4 is 0 Å². The quantitative estimate of drug-likeness (QED) is 0.0379. The largest absolute Gasteiger partial charge is 0.378 e. The number of rotatable bonds is 34. The second-order valence-corrected chi connectivity index (χ2v) is 15.9. The van der Waals surface area contributed by atoms with E-state index in [1.54, 1.807) is 0 Å². The van der Waals surface area contributed by atoms with Crippen molar-refractivity contribution in [2.45, 2.75) is 206 Å². The van der Waals surface area contributed by atoms with Crippen molar-refractivity contribution in [3.8, 4) is 0 Å². The van der Waals surface area contributed by atoms with Crippen LogP contribution in [-0.2, 0) is 23.8 Å². The van der Waals surface area contributed by atoms with Gasteiger partial charge in [-0.25, -0.2) is 0 Å². The molecule has 0 heterocycles. The minimum Gasteiger partial charge on any atom is -0.378 e. The average Bonchev–Trinajstić information content (AvgIpc) is 3.06. The highest BCUT2D eigenvalue weighted by atomic mass is 32.2. The number of unbranched alkanes of at least 4 members (excludes halogenated alkanes) is 18. The predicted octanol–water partition coefficient (Wildman–Crippen LogP) is 12.9. The van der Waals surface area contributed by atoms with Gasteiger partial charge >= 0.3 is 0 Å². The van der Waals surface area contributed by atoms with Crippen LogP contribution in [0.25, 0.3) is 0 Å². The van der Waals surface area contributed by atoms with E-state index in [-0.39, 0.29) is 18.3 Å². The zero-order valence-electron chi connectivity index (χ0n) is 32.3.